The maximum Gasteiger partial charge on any atom is 4.00 e. The molecule has 0 spiro atoms. The average Bonchev–Trinajstić information content (AvgIpc) is 1.76. The van der Waals surface area contributed by atoms with Gasteiger partial charge in [-0.2, -0.15) is 0 Å². The van der Waals surface area contributed by atoms with Gasteiger partial charge in [-0.05, 0) is 0 Å². The Balaban J connectivity index is -0.0000000192. The summed E-state index contributed by atoms with van der Waals surface area (Å²) in [7, 11) is 0. The van der Waals surface area contributed by atoms with E-state index in [1.54, 1.807) is 0 Å². The van der Waals surface area contributed by atoms with Crippen molar-refractivity contribution < 1.29 is 82.8 Å². The molecule has 0 rings (SSSR count). The van der Waals surface area contributed by atoms with E-state index >= 15 is 0 Å². The van der Waals surface area contributed by atoms with Crippen LogP contribution in [0, 0.1) is 0 Å². The van der Waals surface area contributed by atoms with Gasteiger partial charge in [0.1, 0.15) is 0 Å². The predicted molar refractivity (Wildman–Crippen MR) is 86.6 cm³/mol. The van der Waals surface area contributed by atoms with Crippen LogP contribution in [0.3, 0.4) is 0 Å². The summed E-state index contributed by atoms with van der Waals surface area (Å²) in [6.07, 6.45) is 0. The molecule has 0 unspecified atom stereocenters. The fourth-order valence-corrected chi connectivity index (χ4v) is 0. The molecule has 0 fully saturated rings. The van der Waals surface area contributed by atoms with Gasteiger partial charge in [-0.25, -0.2) is 0 Å². The molecule has 0 heterocycles. The van der Waals surface area contributed by atoms with Crippen molar-refractivity contribution in [3.05, 3.63) is 0 Å². The molecular formula is Mo3O4P4S8. The Morgan fingerprint density at radius 3 is 0.368 bits per heavy atom. The van der Waals surface area contributed by atoms with E-state index in [4.69, 9.17) is 0 Å². The molecule has 0 aliphatic carbocycles. The third-order valence-corrected chi connectivity index (χ3v) is 0. The monoisotopic (exact) mass is 737 g/mol. The summed E-state index contributed by atoms with van der Waals surface area (Å²) >= 11 is 31.6. The third-order valence-electron chi connectivity index (χ3n) is 0. The summed E-state index contributed by atoms with van der Waals surface area (Å²) in [6, 6.07) is 0. The van der Waals surface area contributed by atoms with Crippen molar-refractivity contribution in [2.24, 2.45) is 0 Å². The molecule has 0 saturated carbocycles. The first-order valence-electron chi connectivity index (χ1n) is 2.19. The van der Waals surface area contributed by atoms with E-state index < -0.39 is 26.2 Å². The zero-order valence-electron chi connectivity index (χ0n) is 7.91. The Kier molecular flexibility index (Phi) is 92.8. The normalized spacial score (nSPS) is 7.58. The Morgan fingerprint density at radius 1 is 0.368 bits per heavy atom. The summed E-state index contributed by atoms with van der Waals surface area (Å²) in [5.74, 6) is 0. The van der Waals surface area contributed by atoms with Crippen molar-refractivity contribution in [1.29, 1.82) is 0 Å². The minimum Gasteiger partial charge on any atom is -0.866 e. The Hall–Kier alpha value is 6.42. The summed E-state index contributed by atoms with van der Waals surface area (Å²) in [5, 5.41) is 0. The van der Waals surface area contributed by atoms with Gasteiger partial charge < -0.3 is 144 Å². The molecule has 0 radical (unpaired) electrons. The van der Waals surface area contributed by atoms with Crippen LogP contribution in [-0.4, -0.2) is 0 Å². The summed E-state index contributed by atoms with van der Waals surface area (Å²) in [5.41, 5.74) is 0. The molecule has 0 amide bonds. The van der Waals surface area contributed by atoms with Crippen LogP contribution < -0.4 is 19.6 Å². The van der Waals surface area contributed by atoms with E-state index in [-0.39, 0.29) is 63.2 Å². The average molecular weight is 732 g/mol. The zero-order valence-corrected chi connectivity index (χ0v) is 24.0. The van der Waals surface area contributed by atoms with Gasteiger partial charge in [0, 0.05) is 0 Å². The van der Waals surface area contributed by atoms with Crippen LogP contribution in [0.2, 0.25) is 0 Å². The van der Waals surface area contributed by atoms with Gasteiger partial charge >= 0.3 is 63.2 Å². The molecule has 0 atom stereocenters. The molecule has 0 aromatic carbocycles. The fourth-order valence-electron chi connectivity index (χ4n) is 0. The van der Waals surface area contributed by atoms with Crippen molar-refractivity contribution >= 4 is 124 Å². The van der Waals surface area contributed by atoms with E-state index in [1.165, 1.54) is 0 Å². The van der Waals surface area contributed by atoms with Crippen LogP contribution in [0.5, 0.6) is 0 Å². The SMILES string of the molecule is [Mo+4].[Mo+4].[Mo+4].[O-]P([S-])[S-].[O-]P([S-])[S-].[O-]P([S-])[S-].[O-]P([S-])[S-]. The maximum atomic E-state index is 9.22. The Morgan fingerprint density at radius 2 is 0.368 bits per heavy atom. The molecule has 0 bridgehead atoms. The molecule has 4 nitrogen and oxygen atoms in total. The molecule has 19 heteroatoms. The van der Waals surface area contributed by atoms with Gasteiger partial charge in [-0.15, -0.1) is 0 Å². The third kappa shape index (κ3) is 298. The molecule has 0 aliphatic heterocycles. The topological polar surface area (TPSA) is 92.2 Å². The van der Waals surface area contributed by atoms with Crippen LogP contribution in [0.1, 0.15) is 0 Å². The van der Waals surface area contributed by atoms with Crippen LogP contribution in [0.25, 0.3) is 0 Å². The van der Waals surface area contributed by atoms with Crippen molar-refractivity contribution in [3.63, 3.8) is 0 Å². The van der Waals surface area contributed by atoms with Gasteiger partial charge in [-0.1, -0.05) is 0 Å². The molecule has 110 valence electrons. The predicted octanol–water partition coefficient (Wildman–Crippen LogP) is -1.34. The second-order valence-corrected chi connectivity index (χ2v) is 13.4. The molecule has 0 aliphatic rings. The van der Waals surface area contributed by atoms with Crippen molar-refractivity contribution in [3.8, 4) is 0 Å². The van der Waals surface area contributed by atoms with Crippen LogP contribution >= 0.6 is 26.2 Å². The summed E-state index contributed by atoms with van der Waals surface area (Å²) in [4.78, 5) is 36.9. The largest absolute Gasteiger partial charge is 4.00 e. The van der Waals surface area contributed by atoms with Gasteiger partial charge in [-0.3, -0.25) is 0 Å². The van der Waals surface area contributed by atoms with E-state index in [0.29, 0.717) is 0 Å². The van der Waals surface area contributed by atoms with Gasteiger partial charge in [0.2, 0.25) is 0 Å². The first-order valence-corrected chi connectivity index (χ1v) is 15.3. The number of hydrogen-bond donors (Lipinski definition) is 0. The zero-order chi connectivity index (χ0) is 14.3. The van der Waals surface area contributed by atoms with Gasteiger partial charge in [0.15, 0.2) is 0 Å². The van der Waals surface area contributed by atoms with E-state index in [9.17, 15) is 19.6 Å². The first-order chi connectivity index (χ1) is 6.93. The summed E-state index contributed by atoms with van der Waals surface area (Å²) in [6.45, 7) is -6.81. The molecule has 0 saturated heterocycles. The molecule has 0 aromatic rings. The van der Waals surface area contributed by atoms with Gasteiger partial charge in [0.25, 0.3) is 0 Å². The summed E-state index contributed by atoms with van der Waals surface area (Å²) < 4.78 is 0. The van der Waals surface area contributed by atoms with E-state index in [1.807, 2.05) is 0 Å². The molecule has 19 heavy (non-hydrogen) atoms. The maximum absolute atomic E-state index is 9.22. The second kappa shape index (κ2) is 39.5. The van der Waals surface area contributed by atoms with Crippen molar-refractivity contribution in [1.82, 2.24) is 0 Å². The second-order valence-electron chi connectivity index (χ2n) is 0.894. The Labute approximate surface area is 203 Å². The standard InChI is InChI=1S/3Mo.4OPS2/c;;;4*1-2(3)4/q3*+4;4*-3. The van der Waals surface area contributed by atoms with Crippen LogP contribution in [0.15, 0.2) is 0 Å². The number of rotatable bonds is 0. The smallest absolute Gasteiger partial charge is 0.866 e. The number of hydrogen-bond acceptors (Lipinski definition) is 12. The first kappa shape index (κ1) is 44.7. The van der Waals surface area contributed by atoms with Crippen molar-refractivity contribution in [2.45, 2.75) is 0 Å². The fraction of sp³-hybridized carbons (Fsp3) is 0. The van der Waals surface area contributed by atoms with Gasteiger partial charge in [0.05, 0.1) is 0 Å². The minimum absolute atomic E-state index is 0. The van der Waals surface area contributed by atoms with Crippen molar-refractivity contribution in [2.75, 3.05) is 0 Å². The van der Waals surface area contributed by atoms with E-state index in [2.05, 4.69) is 98.0 Å². The van der Waals surface area contributed by atoms with Crippen LogP contribution in [0.4, 0.5) is 0 Å². The molecular weight excluding hydrogens is 732 g/mol. The quantitative estimate of drug-likeness (QED) is 0.168. The van der Waals surface area contributed by atoms with Crippen LogP contribution in [-0.2, 0) is 161 Å². The van der Waals surface area contributed by atoms with E-state index in [0.717, 1.165) is 0 Å². The Bertz CT molecular complexity index is 79.0. The molecule has 0 aromatic heterocycles. The molecule has 0 N–H and O–H groups in total. The minimum atomic E-state index is -1.70.